The van der Waals surface area contributed by atoms with Crippen LogP contribution in [0.15, 0.2) is 54.6 Å². The van der Waals surface area contributed by atoms with Crippen LogP contribution in [0.1, 0.15) is 11.1 Å². The Labute approximate surface area is 115 Å². The standard InChI is InChI=1S/C15H13NO4/c17-15(18)13(10-11-6-2-1-3-7-11)12-8-4-5-9-14(12)16(19)20/h1-10,19-20H,(H,17,18)/p-1. The van der Waals surface area contributed by atoms with Gasteiger partial charge in [-0.2, -0.15) is 0 Å². The number of benzene rings is 2. The molecule has 0 atom stereocenters. The number of anilines is 1. The van der Waals surface area contributed by atoms with Gasteiger partial charge in [0.25, 0.3) is 0 Å². The number of carboxylic acids is 1. The Hall–Kier alpha value is -2.63. The lowest BCUT2D eigenvalue weighted by molar-refractivity contribution is -0.295. The van der Waals surface area contributed by atoms with Crippen molar-refractivity contribution in [2.24, 2.45) is 0 Å². The molecule has 2 aromatic carbocycles. The fraction of sp³-hybridized carbons (Fsp3) is 0. The van der Waals surface area contributed by atoms with Crippen LogP contribution in [0.3, 0.4) is 0 Å². The van der Waals surface area contributed by atoms with Gasteiger partial charge in [0.1, 0.15) is 5.69 Å². The Kier molecular flexibility index (Phi) is 4.14. The van der Waals surface area contributed by atoms with E-state index in [0.717, 1.165) is 0 Å². The van der Waals surface area contributed by atoms with E-state index in [4.69, 9.17) is 10.4 Å². The molecular formula is C15H12NO4-. The second kappa shape index (κ2) is 6.01. The predicted octanol–water partition coefficient (Wildman–Crippen LogP) is 1.56. The van der Waals surface area contributed by atoms with Crippen LogP contribution in [0.4, 0.5) is 5.69 Å². The molecule has 5 heteroatoms. The van der Waals surface area contributed by atoms with Gasteiger partial charge in [0.2, 0.25) is 0 Å². The average molecular weight is 270 g/mol. The summed E-state index contributed by atoms with van der Waals surface area (Å²) in [4.78, 5) is 11.3. The molecule has 0 unspecified atom stereocenters. The molecule has 2 rings (SSSR count). The van der Waals surface area contributed by atoms with Crippen LogP contribution in [-0.2, 0) is 4.79 Å². The smallest absolute Gasteiger partial charge is 0.102 e. The lowest BCUT2D eigenvalue weighted by Crippen LogP contribution is -2.25. The topological polar surface area (TPSA) is 83.8 Å². The molecule has 0 aliphatic heterocycles. The number of carbonyl (C=O) groups excluding carboxylic acids is 1. The van der Waals surface area contributed by atoms with Crippen molar-refractivity contribution in [3.63, 3.8) is 0 Å². The Morgan fingerprint density at radius 2 is 1.60 bits per heavy atom. The molecule has 0 fully saturated rings. The predicted molar refractivity (Wildman–Crippen MR) is 71.8 cm³/mol. The first-order valence-corrected chi connectivity index (χ1v) is 5.85. The first-order chi connectivity index (χ1) is 9.59. The van der Waals surface area contributed by atoms with Gasteiger partial charge in [-0.15, -0.1) is 5.23 Å². The van der Waals surface area contributed by atoms with E-state index in [-0.39, 0.29) is 22.1 Å². The molecule has 0 aliphatic carbocycles. The SMILES string of the molecule is O=C([O-])C(=Cc1ccccc1)c1ccccc1N(O)O. The fourth-order valence-electron chi connectivity index (χ4n) is 1.84. The minimum Gasteiger partial charge on any atom is -0.545 e. The average Bonchev–Trinajstić information content (AvgIpc) is 2.45. The van der Waals surface area contributed by atoms with Gasteiger partial charge in [-0.05, 0) is 17.7 Å². The molecular weight excluding hydrogens is 258 g/mol. The molecule has 2 aromatic rings. The van der Waals surface area contributed by atoms with Crippen LogP contribution in [0.5, 0.6) is 0 Å². The zero-order chi connectivity index (χ0) is 14.5. The molecule has 0 spiro atoms. The summed E-state index contributed by atoms with van der Waals surface area (Å²) in [6, 6.07) is 14.9. The largest absolute Gasteiger partial charge is 0.545 e. The Morgan fingerprint density at radius 3 is 2.20 bits per heavy atom. The second-order valence-corrected chi connectivity index (χ2v) is 4.06. The summed E-state index contributed by atoms with van der Waals surface area (Å²) in [5.41, 5.74) is 0.643. The third-order valence-corrected chi connectivity index (χ3v) is 2.74. The van der Waals surface area contributed by atoms with Crippen molar-refractivity contribution >= 4 is 23.3 Å². The van der Waals surface area contributed by atoms with Crippen molar-refractivity contribution in [1.82, 2.24) is 0 Å². The van der Waals surface area contributed by atoms with Crippen molar-refractivity contribution in [2.75, 3.05) is 5.23 Å². The highest BCUT2D eigenvalue weighted by Crippen LogP contribution is 2.27. The molecule has 0 amide bonds. The first kappa shape index (κ1) is 13.8. The van der Waals surface area contributed by atoms with Crippen LogP contribution >= 0.6 is 0 Å². The minimum absolute atomic E-state index is 0.0427. The van der Waals surface area contributed by atoms with E-state index >= 15 is 0 Å². The lowest BCUT2D eigenvalue weighted by Gasteiger charge is -2.16. The summed E-state index contributed by atoms with van der Waals surface area (Å²) in [5.74, 6) is -1.40. The highest BCUT2D eigenvalue weighted by atomic mass is 16.8. The fourth-order valence-corrected chi connectivity index (χ4v) is 1.84. The molecule has 0 saturated carbocycles. The van der Waals surface area contributed by atoms with Gasteiger partial charge in [-0.3, -0.25) is 10.4 Å². The second-order valence-electron chi connectivity index (χ2n) is 4.06. The number of carbonyl (C=O) groups is 1. The maximum atomic E-state index is 11.3. The van der Waals surface area contributed by atoms with Gasteiger partial charge in [0.05, 0.1) is 5.97 Å². The van der Waals surface area contributed by atoms with E-state index in [2.05, 4.69) is 0 Å². The summed E-state index contributed by atoms with van der Waals surface area (Å²) in [6.45, 7) is 0. The van der Waals surface area contributed by atoms with Crippen LogP contribution < -0.4 is 10.3 Å². The van der Waals surface area contributed by atoms with Crippen molar-refractivity contribution in [3.05, 3.63) is 65.7 Å². The quantitative estimate of drug-likeness (QED) is 0.500. The van der Waals surface area contributed by atoms with E-state index in [1.165, 1.54) is 18.2 Å². The van der Waals surface area contributed by atoms with Crippen molar-refractivity contribution in [2.45, 2.75) is 0 Å². The summed E-state index contributed by atoms with van der Waals surface area (Å²) in [5, 5.41) is 29.5. The minimum atomic E-state index is -1.40. The molecule has 0 bridgehead atoms. The molecule has 102 valence electrons. The highest BCUT2D eigenvalue weighted by Gasteiger charge is 2.12. The van der Waals surface area contributed by atoms with Gasteiger partial charge in [0.15, 0.2) is 0 Å². The number of hydrogen-bond acceptors (Lipinski definition) is 5. The van der Waals surface area contributed by atoms with Crippen LogP contribution in [0.2, 0.25) is 0 Å². The van der Waals surface area contributed by atoms with Crippen LogP contribution in [0, 0.1) is 0 Å². The van der Waals surface area contributed by atoms with E-state index in [9.17, 15) is 9.90 Å². The molecule has 0 radical (unpaired) electrons. The summed E-state index contributed by atoms with van der Waals surface area (Å²) in [7, 11) is 0. The van der Waals surface area contributed by atoms with Gasteiger partial charge in [-0.25, -0.2) is 0 Å². The van der Waals surface area contributed by atoms with Crippen molar-refractivity contribution in [1.29, 1.82) is 0 Å². The summed E-state index contributed by atoms with van der Waals surface area (Å²) in [6.07, 6.45) is 1.41. The molecule has 5 nitrogen and oxygen atoms in total. The normalized spacial score (nSPS) is 11.2. The van der Waals surface area contributed by atoms with Crippen molar-refractivity contribution < 1.29 is 20.3 Å². The molecule has 2 N–H and O–H groups in total. The Bertz CT molecular complexity index is 635. The summed E-state index contributed by atoms with van der Waals surface area (Å²) < 4.78 is 0. The number of carboxylic acid groups (broad SMARTS) is 1. The maximum Gasteiger partial charge on any atom is 0.102 e. The highest BCUT2D eigenvalue weighted by molar-refractivity contribution is 6.21. The zero-order valence-electron chi connectivity index (χ0n) is 10.4. The van der Waals surface area contributed by atoms with Gasteiger partial charge in [-0.1, -0.05) is 48.5 Å². The van der Waals surface area contributed by atoms with E-state index in [1.54, 1.807) is 36.4 Å². The third-order valence-electron chi connectivity index (χ3n) is 2.74. The number of para-hydroxylation sites is 1. The van der Waals surface area contributed by atoms with E-state index < -0.39 is 5.97 Å². The Morgan fingerprint density at radius 1 is 1.00 bits per heavy atom. The number of hydrogen-bond donors (Lipinski definition) is 2. The lowest BCUT2D eigenvalue weighted by atomic mass is 10.0. The van der Waals surface area contributed by atoms with Crippen molar-refractivity contribution in [3.8, 4) is 0 Å². The number of nitrogens with zero attached hydrogens (tertiary/aromatic N) is 1. The third kappa shape index (κ3) is 3.03. The molecule has 0 heterocycles. The van der Waals surface area contributed by atoms with Gasteiger partial charge < -0.3 is 9.90 Å². The van der Waals surface area contributed by atoms with E-state index in [1.807, 2.05) is 6.07 Å². The van der Waals surface area contributed by atoms with Gasteiger partial charge >= 0.3 is 0 Å². The Balaban J connectivity index is 2.56. The zero-order valence-corrected chi connectivity index (χ0v) is 10.4. The molecule has 0 saturated heterocycles. The van der Waals surface area contributed by atoms with Gasteiger partial charge in [0, 0.05) is 11.1 Å². The molecule has 20 heavy (non-hydrogen) atoms. The number of aliphatic carboxylic acids is 1. The van der Waals surface area contributed by atoms with Crippen LogP contribution in [-0.4, -0.2) is 16.4 Å². The monoisotopic (exact) mass is 270 g/mol. The molecule has 0 aliphatic rings. The van der Waals surface area contributed by atoms with Crippen LogP contribution in [0.25, 0.3) is 11.6 Å². The first-order valence-electron chi connectivity index (χ1n) is 5.85. The summed E-state index contributed by atoms with van der Waals surface area (Å²) >= 11 is 0. The van der Waals surface area contributed by atoms with E-state index in [0.29, 0.717) is 5.56 Å². The maximum absolute atomic E-state index is 11.3. The number of rotatable bonds is 4. The molecule has 0 aromatic heterocycles.